The number of allylic oxidation sites excluding steroid dienone is 2. The number of hydrogen-bond acceptors (Lipinski definition) is 3. The Hall–Kier alpha value is -1.65. The van der Waals surface area contributed by atoms with Gasteiger partial charge in [-0.15, -0.1) is 0 Å². The van der Waals surface area contributed by atoms with Crippen LogP contribution in [-0.2, 0) is 11.4 Å². The summed E-state index contributed by atoms with van der Waals surface area (Å²) in [6.45, 7) is 4.63. The normalized spacial score (nSPS) is 23.2. The number of hydrogen-bond donors (Lipinski definition) is 0. The van der Waals surface area contributed by atoms with Crippen molar-refractivity contribution < 1.29 is 4.74 Å². The number of nitrogens with zero attached hydrogens (tertiary/aromatic N) is 3. The van der Waals surface area contributed by atoms with Gasteiger partial charge < -0.3 is 9.30 Å². The number of aromatic nitrogens is 2. The number of benzene rings is 1. The third-order valence-electron chi connectivity index (χ3n) is 4.76. The molecule has 1 aliphatic carbocycles. The summed E-state index contributed by atoms with van der Waals surface area (Å²) >= 11 is 0. The second-order valence-electron chi connectivity index (χ2n) is 6.24. The zero-order valence-corrected chi connectivity index (χ0v) is 12.9. The Bertz CT molecular complexity index is 670. The molecular weight excluding hydrogens is 274 g/mol. The van der Waals surface area contributed by atoms with E-state index in [2.05, 4.69) is 45.9 Å². The topological polar surface area (TPSA) is 30.3 Å². The molecule has 0 spiro atoms. The predicted molar refractivity (Wildman–Crippen MR) is 87.9 cm³/mol. The highest BCUT2D eigenvalue weighted by molar-refractivity contribution is 5.76. The maximum atomic E-state index is 5.48. The molecule has 4 rings (SSSR count). The molecule has 116 valence electrons. The summed E-state index contributed by atoms with van der Waals surface area (Å²) in [6, 6.07) is 8.53. The number of rotatable bonds is 3. The number of ether oxygens (including phenoxy) is 1. The van der Waals surface area contributed by atoms with E-state index < -0.39 is 0 Å². The van der Waals surface area contributed by atoms with Crippen LogP contribution in [0.3, 0.4) is 0 Å². The summed E-state index contributed by atoms with van der Waals surface area (Å²) in [5, 5.41) is 0. The van der Waals surface area contributed by atoms with Gasteiger partial charge in [0.05, 0.1) is 30.9 Å². The Morgan fingerprint density at radius 3 is 2.82 bits per heavy atom. The maximum absolute atomic E-state index is 5.48. The van der Waals surface area contributed by atoms with Crippen LogP contribution in [0, 0.1) is 0 Å². The summed E-state index contributed by atoms with van der Waals surface area (Å²) in [5.41, 5.74) is 2.39. The van der Waals surface area contributed by atoms with Gasteiger partial charge in [0.1, 0.15) is 5.82 Å². The first-order valence-electron chi connectivity index (χ1n) is 8.32. The lowest BCUT2D eigenvalue weighted by Gasteiger charge is -2.29. The molecule has 1 aliphatic heterocycles. The molecule has 1 unspecified atom stereocenters. The Labute approximate surface area is 131 Å². The Morgan fingerprint density at radius 2 is 2.00 bits per heavy atom. The minimum atomic E-state index is 0.554. The standard InChI is InChI=1S/C18H23N3O/c1-2-6-15(7-3-1)18-19-16-8-4-5-9-17(16)21(18)14-20-10-12-22-13-11-20/h1-2,4-5,8-9,15H,3,6-7,10-14H2. The number of para-hydroxylation sites is 2. The first kappa shape index (κ1) is 14.0. The van der Waals surface area contributed by atoms with Crippen LogP contribution in [0.25, 0.3) is 11.0 Å². The van der Waals surface area contributed by atoms with Crippen molar-refractivity contribution in [1.82, 2.24) is 14.5 Å². The zero-order valence-electron chi connectivity index (χ0n) is 12.9. The summed E-state index contributed by atoms with van der Waals surface area (Å²) in [6.07, 6.45) is 8.11. The van der Waals surface area contributed by atoms with E-state index in [1.807, 2.05) is 0 Å². The first-order chi connectivity index (χ1) is 10.9. The van der Waals surface area contributed by atoms with E-state index in [1.54, 1.807) is 0 Å². The molecule has 0 radical (unpaired) electrons. The zero-order chi connectivity index (χ0) is 14.8. The molecule has 4 nitrogen and oxygen atoms in total. The largest absolute Gasteiger partial charge is 0.379 e. The van der Waals surface area contributed by atoms with Crippen molar-refractivity contribution in [1.29, 1.82) is 0 Å². The number of fused-ring (bicyclic) bond motifs is 1. The molecule has 1 fully saturated rings. The van der Waals surface area contributed by atoms with E-state index in [4.69, 9.17) is 9.72 Å². The van der Waals surface area contributed by atoms with Crippen LogP contribution in [-0.4, -0.2) is 40.8 Å². The number of imidazole rings is 1. The second-order valence-corrected chi connectivity index (χ2v) is 6.24. The van der Waals surface area contributed by atoms with Gasteiger partial charge in [-0.2, -0.15) is 0 Å². The third-order valence-corrected chi connectivity index (χ3v) is 4.76. The lowest BCUT2D eigenvalue weighted by molar-refractivity contribution is 0.0234. The minimum absolute atomic E-state index is 0.554. The highest BCUT2D eigenvalue weighted by Crippen LogP contribution is 2.31. The van der Waals surface area contributed by atoms with E-state index in [0.29, 0.717) is 5.92 Å². The predicted octanol–water partition coefficient (Wildman–Crippen LogP) is 3.15. The van der Waals surface area contributed by atoms with E-state index >= 15 is 0 Å². The van der Waals surface area contributed by atoms with Crippen molar-refractivity contribution in [2.24, 2.45) is 0 Å². The molecule has 2 heterocycles. The van der Waals surface area contributed by atoms with Gasteiger partial charge in [0.15, 0.2) is 0 Å². The molecule has 0 saturated carbocycles. The summed E-state index contributed by atoms with van der Waals surface area (Å²) in [4.78, 5) is 7.45. The van der Waals surface area contributed by atoms with Gasteiger partial charge in [0.25, 0.3) is 0 Å². The van der Waals surface area contributed by atoms with Crippen LogP contribution >= 0.6 is 0 Å². The average Bonchev–Trinajstić information content (AvgIpc) is 2.95. The maximum Gasteiger partial charge on any atom is 0.114 e. The fourth-order valence-corrected chi connectivity index (χ4v) is 3.53. The van der Waals surface area contributed by atoms with Crippen LogP contribution in [0.15, 0.2) is 36.4 Å². The molecule has 2 aliphatic rings. The number of morpholine rings is 1. The van der Waals surface area contributed by atoms with Gasteiger partial charge in [-0.05, 0) is 31.4 Å². The molecule has 22 heavy (non-hydrogen) atoms. The van der Waals surface area contributed by atoms with Crippen molar-refractivity contribution >= 4 is 11.0 Å². The summed E-state index contributed by atoms with van der Waals surface area (Å²) < 4.78 is 7.91. The van der Waals surface area contributed by atoms with Crippen molar-refractivity contribution in [3.8, 4) is 0 Å². The molecule has 1 aromatic carbocycles. The Kier molecular flexibility index (Phi) is 3.95. The molecular formula is C18H23N3O. The molecule has 0 N–H and O–H groups in total. The molecule has 4 heteroatoms. The molecule has 0 bridgehead atoms. The van der Waals surface area contributed by atoms with Crippen molar-refractivity contribution in [2.45, 2.75) is 31.8 Å². The van der Waals surface area contributed by atoms with Crippen molar-refractivity contribution in [3.05, 3.63) is 42.2 Å². The quantitative estimate of drug-likeness (QED) is 0.815. The molecule has 0 amide bonds. The van der Waals surface area contributed by atoms with E-state index in [9.17, 15) is 0 Å². The fourth-order valence-electron chi connectivity index (χ4n) is 3.53. The average molecular weight is 297 g/mol. The SMILES string of the molecule is C1=CCC(c2nc3ccccc3n2CN2CCOCC2)CC1. The summed E-state index contributed by atoms with van der Waals surface area (Å²) in [7, 11) is 0. The van der Waals surface area contributed by atoms with Crippen LogP contribution in [0.5, 0.6) is 0 Å². The third kappa shape index (κ3) is 2.69. The van der Waals surface area contributed by atoms with Crippen molar-refractivity contribution in [2.75, 3.05) is 26.3 Å². The van der Waals surface area contributed by atoms with Crippen LogP contribution in [0.4, 0.5) is 0 Å². The van der Waals surface area contributed by atoms with Gasteiger partial charge in [0.2, 0.25) is 0 Å². The Morgan fingerprint density at radius 1 is 1.14 bits per heavy atom. The Balaban J connectivity index is 1.70. The highest BCUT2D eigenvalue weighted by Gasteiger charge is 2.22. The molecule has 1 atom stereocenters. The van der Waals surface area contributed by atoms with E-state index in [0.717, 1.165) is 44.9 Å². The highest BCUT2D eigenvalue weighted by atomic mass is 16.5. The monoisotopic (exact) mass is 297 g/mol. The smallest absolute Gasteiger partial charge is 0.114 e. The van der Waals surface area contributed by atoms with Crippen molar-refractivity contribution in [3.63, 3.8) is 0 Å². The van der Waals surface area contributed by atoms with Gasteiger partial charge in [-0.25, -0.2) is 4.98 Å². The van der Waals surface area contributed by atoms with Crippen LogP contribution < -0.4 is 0 Å². The van der Waals surface area contributed by atoms with Gasteiger partial charge in [-0.1, -0.05) is 24.3 Å². The van der Waals surface area contributed by atoms with Crippen LogP contribution in [0.2, 0.25) is 0 Å². The lowest BCUT2D eigenvalue weighted by Crippen LogP contribution is -2.38. The van der Waals surface area contributed by atoms with Gasteiger partial charge in [0, 0.05) is 19.0 Å². The minimum Gasteiger partial charge on any atom is -0.379 e. The van der Waals surface area contributed by atoms with E-state index in [1.165, 1.54) is 24.2 Å². The van der Waals surface area contributed by atoms with Gasteiger partial charge in [-0.3, -0.25) is 4.90 Å². The molecule has 1 aromatic heterocycles. The lowest BCUT2D eigenvalue weighted by atomic mass is 9.94. The molecule has 1 saturated heterocycles. The second kappa shape index (κ2) is 6.23. The van der Waals surface area contributed by atoms with Crippen LogP contribution in [0.1, 0.15) is 31.0 Å². The fraction of sp³-hybridized carbons (Fsp3) is 0.500. The van der Waals surface area contributed by atoms with Gasteiger partial charge >= 0.3 is 0 Å². The van der Waals surface area contributed by atoms with E-state index in [-0.39, 0.29) is 0 Å². The first-order valence-corrected chi connectivity index (χ1v) is 8.32. The summed E-state index contributed by atoms with van der Waals surface area (Å²) in [5.74, 6) is 1.82. The molecule has 2 aromatic rings.